The topological polar surface area (TPSA) is 77.8 Å². The molecule has 4 aromatic rings. The summed E-state index contributed by atoms with van der Waals surface area (Å²) in [6.07, 6.45) is 0. The predicted molar refractivity (Wildman–Crippen MR) is 99.3 cm³/mol. The number of halogens is 1. The molecule has 1 aromatic carbocycles. The summed E-state index contributed by atoms with van der Waals surface area (Å²) in [5, 5.41) is 18.7. The second-order valence-electron chi connectivity index (χ2n) is 5.04. The van der Waals surface area contributed by atoms with Crippen LogP contribution < -0.4 is 0 Å². The van der Waals surface area contributed by atoms with Crippen molar-refractivity contribution >= 4 is 39.0 Å². The lowest BCUT2D eigenvalue weighted by atomic mass is 10.2. The third-order valence-electron chi connectivity index (χ3n) is 3.31. The lowest BCUT2D eigenvalue weighted by molar-refractivity contribution is 0.461. The Bertz CT molecular complexity index is 984. The molecule has 6 nitrogen and oxygen atoms in total. The van der Waals surface area contributed by atoms with Gasteiger partial charge < -0.3 is 8.83 Å². The van der Waals surface area contributed by atoms with Crippen LogP contribution in [0, 0.1) is 0 Å². The zero-order chi connectivity index (χ0) is 17.2. The minimum atomic E-state index is -0.103. The van der Waals surface area contributed by atoms with Gasteiger partial charge >= 0.3 is 0 Å². The summed E-state index contributed by atoms with van der Waals surface area (Å²) in [5.74, 6) is 1.51. The van der Waals surface area contributed by atoms with Gasteiger partial charge in [-0.2, -0.15) is 0 Å². The highest BCUT2D eigenvalue weighted by molar-refractivity contribution is 9.10. The Morgan fingerprint density at radius 1 is 1.00 bits per heavy atom. The minimum absolute atomic E-state index is 0.103. The summed E-state index contributed by atoms with van der Waals surface area (Å²) < 4.78 is 12.4. The highest BCUT2D eigenvalue weighted by Crippen LogP contribution is 2.36. The SMILES string of the molecule is CC(Sc1nnc(-c2ccccc2Br)o1)c1nnc(-c2cccs2)o1. The highest BCUT2D eigenvalue weighted by Gasteiger charge is 2.20. The maximum atomic E-state index is 5.74. The van der Waals surface area contributed by atoms with Gasteiger partial charge in [0.05, 0.1) is 15.7 Å². The Hall–Kier alpha value is -1.97. The largest absolute Gasteiger partial charge is 0.419 e. The molecule has 0 amide bonds. The average Bonchev–Trinajstić information content (AvgIpc) is 3.36. The van der Waals surface area contributed by atoms with Crippen LogP contribution in [0.1, 0.15) is 18.1 Å². The molecular formula is C16H11BrN4O2S2. The van der Waals surface area contributed by atoms with Crippen LogP contribution in [0.15, 0.2) is 60.3 Å². The van der Waals surface area contributed by atoms with E-state index in [0.717, 1.165) is 14.9 Å². The fraction of sp³-hybridized carbons (Fsp3) is 0.125. The summed E-state index contributed by atoms with van der Waals surface area (Å²) in [6, 6.07) is 11.6. The van der Waals surface area contributed by atoms with Crippen molar-refractivity contribution in [2.75, 3.05) is 0 Å². The van der Waals surface area contributed by atoms with E-state index in [1.165, 1.54) is 11.8 Å². The van der Waals surface area contributed by atoms with Gasteiger partial charge in [0.25, 0.3) is 11.1 Å². The van der Waals surface area contributed by atoms with Crippen molar-refractivity contribution in [3.63, 3.8) is 0 Å². The van der Waals surface area contributed by atoms with Crippen molar-refractivity contribution < 1.29 is 8.83 Å². The van der Waals surface area contributed by atoms with Crippen molar-refractivity contribution in [3.8, 4) is 22.2 Å². The molecular weight excluding hydrogens is 424 g/mol. The lowest BCUT2D eigenvalue weighted by Gasteiger charge is -2.01. The maximum Gasteiger partial charge on any atom is 0.277 e. The zero-order valence-electron chi connectivity index (χ0n) is 12.9. The number of hydrogen-bond donors (Lipinski definition) is 0. The molecule has 0 aliphatic heterocycles. The van der Waals surface area contributed by atoms with Gasteiger partial charge in [0.1, 0.15) is 0 Å². The Balaban J connectivity index is 1.50. The Morgan fingerprint density at radius 2 is 1.84 bits per heavy atom. The summed E-state index contributed by atoms with van der Waals surface area (Å²) in [7, 11) is 0. The monoisotopic (exact) mass is 434 g/mol. The van der Waals surface area contributed by atoms with Crippen LogP contribution in [0.3, 0.4) is 0 Å². The fourth-order valence-corrected chi connectivity index (χ4v) is 3.91. The quantitative estimate of drug-likeness (QED) is 0.385. The lowest BCUT2D eigenvalue weighted by Crippen LogP contribution is -1.88. The van der Waals surface area contributed by atoms with Crippen molar-refractivity contribution in [1.82, 2.24) is 20.4 Å². The van der Waals surface area contributed by atoms with E-state index in [-0.39, 0.29) is 5.25 Å². The van der Waals surface area contributed by atoms with Crippen LogP contribution in [0.25, 0.3) is 22.2 Å². The van der Waals surface area contributed by atoms with Crippen LogP contribution in [-0.2, 0) is 0 Å². The molecule has 126 valence electrons. The van der Waals surface area contributed by atoms with E-state index in [1.807, 2.05) is 48.7 Å². The van der Waals surface area contributed by atoms with Crippen molar-refractivity contribution in [2.45, 2.75) is 17.4 Å². The third-order valence-corrected chi connectivity index (χ3v) is 5.78. The first-order valence-corrected chi connectivity index (χ1v) is 9.88. The molecule has 0 radical (unpaired) electrons. The Labute approximate surface area is 159 Å². The van der Waals surface area contributed by atoms with Gasteiger partial charge in [0.2, 0.25) is 11.8 Å². The Kier molecular flexibility index (Phi) is 4.69. The first kappa shape index (κ1) is 16.5. The summed E-state index contributed by atoms with van der Waals surface area (Å²) in [4.78, 5) is 0.949. The van der Waals surface area contributed by atoms with Crippen LogP contribution in [0.4, 0.5) is 0 Å². The fourth-order valence-electron chi connectivity index (χ4n) is 2.10. The number of rotatable bonds is 5. The number of hydrogen-bond acceptors (Lipinski definition) is 8. The molecule has 0 bridgehead atoms. The van der Waals surface area contributed by atoms with E-state index in [0.29, 0.717) is 22.9 Å². The molecule has 0 fully saturated rings. The van der Waals surface area contributed by atoms with Crippen LogP contribution >= 0.6 is 39.0 Å². The van der Waals surface area contributed by atoms with E-state index in [9.17, 15) is 0 Å². The van der Waals surface area contributed by atoms with Crippen molar-refractivity contribution in [1.29, 1.82) is 0 Å². The van der Waals surface area contributed by atoms with Gasteiger partial charge in [0.15, 0.2) is 0 Å². The van der Waals surface area contributed by atoms with E-state index in [1.54, 1.807) is 11.3 Å². The normalized spacial score (nSPS) is 12.4. The predicted octanol–water partition coefficient (Wildman–Crippen LogP) is 5.46. The van der Waals surface area contributed by atoms with Gasteiger partial charge in [0, 0.05) is 4.47 Å². The molecule has 1 atom stereocenters. The van der Waals surface area contributed by atoms with Crippen LogP contribution in [-0.4, -0.2) is 20.4 Å². The molecule has 3 aromatic heterocycles. The molecule has 0 saturated heterocycles. The van der Waals surface area contributed by atoms with E-state index < -0.39 is 0 Å². The van der Waals surface area contributed by atoms with Crippen LogP contribution in [0.2, 0.25) is 0 Å². The molecule has 0 aliphatic carbocycles. The van der Waals surface area contributed by atoms with E-state index in [2.05, 4.69) is 36.3 Å². The number of nitrogens with zero attached hydrogens (tertiary/aromatic N) is 4. The van der Waals surface area contributed by atoms with E-state index >= 15 is 0 Å². The molecule has 25 heavy (non-hydrogen) atoms. The molecule has 9 heteroatoms. The highest BCUT2D eigenvalue weighted by atomic mass is 79.9. The standard InChI is InChI=1S/C16H11BrN4O2S2/c1-9(13-18-20-15(22-13)12-7-4-8-24-12)25-16-21-19-14(23-16)10-5-2-3-6-11(10)17/h2-9H,1H3. The van der Waals surface area contributed by atoms with Gasteiger partial charge in [-0.05, 0) is 46.4 Å². The van der Waals surface area contributed by atoms with Gasteiger partial charge in [-0.1, -0.05) is 30.0 Å². The average molecular weight is 435 g/mol. The summed E-state index contributed by atoms with van der Waals surface area (Å²) >= 11 is 6.42. The number of thiophene rings is 1. The molecule has 0 saturated carbocycles. The van der Waals surface area contributed by atoms with Gasteiger partial charge in [-0.25, -0.2) is 0 Å². The van der Waals surface area contributed by atoms with Crippen LogP contribution in [0.5, 0.6) is 0 Å². The maximum absolute atomic E-state index is 5.74. The second kappa shape index (κ2) is 7.11. The molecule has 3 heterocycles. The smallest absolute Gasteiger partial charge is 0.277 e. The third kappa shape index (κ3) is 3.53. The van der Waals surface area contributed by atoms with Gasteiger partial charge in [-0.3, -0.25) is 0 Å². The van der Waals surface area contributed by atoms with E-state index in [4.69, 9.17) is 8.83 Å². The zero-order valence-corrected chi connectivity index (χ0v) is 16.1. The number of aromatic nitrogens is 4. The Morgan fingerprint density at radius 3 is 2.64 bits per heavy atom. The molecule has 0 N–H and O–H groups in total. The van der Waals surface area contributed by atoms with Crippen molar-refractivity contribution in [3.05, 3.63) is 52.1 Å². The van der Waals surface area contributed by atoms with Crippen molar-refractivity contribution in [2.24, 2.45) is 0 Å². The molecule has 0 aliphatic rings. The molecule has 1 unspecified atom stereocenters. The second-order valence-corrected chi connectivity index (χ2v) is 8.13. The molecule has 0 spiro atoms. The minimum Gasteiger partial charge on any atom is -0.419 e. The van der Waals surface area contributed by atoms with Gasteiger partial charge in [-0.15, -0.1) is 31.7 Å². The molecule has 4 rings (SSSR count). The first-order chi connectivity index (χ1) is 12.2. The summed E-state index contributed by atoms with van der Waals surface area (Å²) in [6.45, 7) is 1.96. The first-order valence-electron chi connectivity index (χ1n) is 7.33. The summed E-state index contributed by atoms with van der Waals surface area (Å²) in [5.41, 5.74) is 0.854. The number of benzene rings is 1. The number of thioether (sulfide) groups is 1.